The van der Waals surface area contributed by atoms with E-state index in [1.165, 1.54) is 6.26 Å². The van der Waals surface area contributed by atoms with Gasteiger partial charge in [-0.3, -0.25) is 10.1 Å². The summed E-state index contributed by atoms with van der Waals surface area (Å²) < 4.78 is 23.4. The summed E-state index contributed by atoms with van der Waals surface area (Å²) in [6, 6.07) is 4.59. The number of benzene rings is 1. The lowest BCUT2D eigenvalue weighted by atomic mass is 10.3. The van der Waals surface area contributed by atoms with Gasteiger partial charge in [0.2, 0.25) is 0 Å². The topological polar surface area (TPSA) is 65.5 Å². The van der Waals surface area contributed by atoms with Crippen molar-refractivity contribution in [1.82, 2.24) is 0 Å². The minimum atomic E-state index is -0.727. The predicted octanol–water partition coefficient (Wildman–Crippen LogP) is 3.43. The third kappa shape index (κ3) is 2.41. The summed E-state index contributed by atoms with van der Waals surface area (Å²) in [4.78, 5) is 9.86. The molecule has 0 aliphatic heterocycles. The first kappa shape index (κ1) is 11.1. The van der Waals surface area contributed by atoms with Gasteiger partial charge >= 0.3 is 0 Å². The highest BCUT2D eigenvalue weighted by Gasteiger charge is 2.12. The monoisotopic (exact) mass is 237 g/mol. The summed E-state index contributed by atoms with van der Waals surface area (Å²) in [5.74, 6) is 0.235. The van der Waals surface area contributed by atoms with Crippen LogP contribution in [0.2, 0.25) is 0 Å². The zero-order valence-electron chi connectivity index (χ0n) is 8.84. The molecule has 0 aliphatic rings. The number of rotatable bonds is 3. The van der Waals surface area contributed by atoms with Gasteiger partial charge < -0.3 is 9.15 Å². The van der Waals surface area contributed by atoms with Crippen LogP contribution in [-0.4, -0.2) is 4.92 Å². The normalized spacial score (nSPS) is 10.2. The average Bonchev–Trinajstić information content (AvgIpc) is 2.63. The van der Waals surface area contributed by atoms with E-state index < -0.39 is 10.7 Å². The molecule has 0 atom stereocenters. The molecule has 0 radical (unpaired) electrons. The molecule has 0 amide bonds. The molecular weight excluding hydrogens is 229 g/mol. The van der Waals surface area contributed by atoms with E-state index in [4.69, 9.17) is 9.15 Å². The minimum absolute atomic E-state index is 0.0567. The van der Waals surface area contributed by atoms with E-state index in [1.54, 1.807) is 13.0 Å². The van der Waals surface area contributed by atoms with E-state index in [9.17, 15) is 14.5 Å². The van der Waals surface area contributed by atoms with Crippen LogP contribution in [-0.2, 0) is 0 Å². The highest BCUT2D eigenvalue weighted by atomic mass is 19.1. The van der Waals surface area contributed by atoms with Crippen LogP contribution in [0.15, 0.2) is 34.9 Å². The number of nitro benzene ring substituents is 1. The number of aryl methyl sites for hydroxylation is 1. The highest BCUT2D eigenvalue weighted by Crippen LogP contribution is 2.29. The molecule has 5 nitrogen and oxygen atoms in total. The molecule has 17 heavy (non-hydrogen) atoms. The molecule has 2 rings (SSSR count). The maximum atomic E-state index is 13.1. The van der Waals surface area contributed by atoms with Gasteiger partial charge in [-0.2, -0.15) is 0 Å². The van der Waals surface area contributed by atoms with Crippen LogP contribution in [0, 0.1) is 22.9 Å². The van der Waals surface area contributed by atoms with E-state index in [0.29, 0.717) is 11.5 Å². The Kier molecular flexibility index (Phi) is 2.78. The largest absolute Gasteiger partial charge is 0.466 e. The Hall–Kier alpha value is -2.37. The van der Waals surface area contributed by atoms with E-state index in [-0.39, 0.29) is 11.4 Å². The Morgan fingerprint density at radius 1 is 1.41 bits per heavy atom. The van der Waals surface area contributed by atoms with Crippen LogP contribution in [0.3, 0.4) is 0 Å². The van der Waals surface area contributed by atoms with Crippen molar-refractivity contribution in [3.63, 3.8) is 0 Å². The van der Waals surface area contributed by atoms with Crippen molar-refractivity contribution in [2.45, 2.75) is 6.92 Å². The Balaban J connectivity index is 2.33. The van der Waals surface area contributed by atoms with Gasteiger partial charge in [-0.1, -0.05) is 0 Å². The predicted molar refractivity (Wildman–Crippen MR) is 56.6 cm³/mol. The zero-order valence-corrected chi connectivity index (χ0v) is 8.84. The van der Waals surface area contributed by atoms with Crippen molar-refractivity contribution in [3.8, 4) is 11.5 Å². The van der Waals surface area contributed by atoms with Crippen LogP contribution in [0.4, 0.5) is 10.1 Å². The molecule has 0 saturated carbocycles. The van der Waals surface area contributed by atoms with Crippen molar-refractivity contribution in [2.24, 2.45) is 0 Å². The number of non-ortho nitro benzene ring substituents is 1. The third-order valence-electron chi connectivity index (χ3n) is 2.11. The number of nitrogens with zero attached hydrogens (tertiary/aromatic N) is 1. The molecule has 1 aromatic heterocycles. The maximum absolute atomic E-state index is 13.1. The second kappa shape index (κ2) is 4.25. The molecule has 2 aromatic rings. The summed E-state index contributed by atoms with van der Waals surface area (Å²) in [6.45, 7) is 1.67. The van der Waals surface area contributed by atoms with E-state index in [0.717, 1.165) is 18.2 Å². The average molecular weight is 237 g/mol. The van der Waals surface area contributed by atoms with Crippen molar-refractivity contribution < 1.29 is 18.5 Å². The fourth-order valence-electron chi connectivity index (χ4n) is 1.32. The Morgan fingerprint density at radius 2 is 2.18 bits per heavy atom. The molecule has 0 spiro atoms. The van der Waals surface area contributed by atoms with Crippen molar-refractivity contribution >= 4 is 5.69 Å². The van der Waals surface area contributed by atoms with E-state index in [2.05, 4.69) is 0 Å². The highest BCUT2D eigenvalue weighted by molar-refractivity contribution is 5.41. The van der Waals surface area contributed by atoms with Gasteiger partial charge in [0.15, 0.2) is 5.75 Å². The summed E-state index contributed by atoms with van der Waals surface area (Å²) in [6.07, 6.45) is 1.42. The number of halogens is 1. The summed E-state index contributed by atoms with van der Waals surface area (Å²) in [7, 11) is 0. The third-order valence-corrected chi connectivity index (χ3v) is 2.11. The first-order valence-corrected chi connectivity index (χ1v) is 4.73. The molecule has 1 heterocycles. The molecule has 0 N–H and O–H groups in total. The molecule has 1 aromatic carbocycles. The molecule has 88 valence electrons. The van der Waals surface area contributed by atoms with Gasteiger partial charge in [0, 0.05) is 12.1 Å². The lowest BCUT2D eigenvalue weighted by Crippen LogP contribution is -1.91. The van der Waals surface area contributed by atoms with Crippen molar-refractivity contribution in [3.05, 3.63) is 52.2 Å². The molecule has 0 unspecified atom stereocenters. The second-order valence-corrected chi connectivity index (χ2v) is 3.35. The summed E-state index contributed by atoms with van der Waals surface area (Å²) >= 11 is 0. The van der Waals surface area contributed by atoms with Crippen LogP contribution in [0.1, 0.15) is 5.76 Å². The summed E-state index contributed by atoms with van der Waals surface area (Å²) in [5.41, 5.74) is -0.360. The van der Waals surface area contributed by atoms with Gasteiger partial charge in [0.1, 0.15) is 17.3 Å². The number of hydrogen-bond acceptors (Lipinski definition) is 4. The van der Waals surface area contributed by atoms with E-state index in [1.807, 2.05) is 0 Å². The van der Waals surface area contributed by atoms with E-state index >= 15 is 0 Å². The lowest BCUT2D eigenvalue weighted by molar-refractivity contribution is -0.385. The van der Waals surface area contributed by atoms with Gasteiger partial charge in [-0.25, -0.2) is 4.39 Å². The van der Waals surface area contributed by atoms with Crippen LogP contribution >= 0.6 is 0 Å². The minimum Gasteiger partial charge on any atom is -0.466 e. The lowest BCUT2D eigenvalue weighted by Gasteiger charge is -2.03. The number of nitro groups is 1. The number of furan rings is 1. The van der Waals surface area contributed by atoms with Crippen molar-refractivity contribution in [2.75, 3.05) is 0 Å². The van der Waals surface area contributed by atoms with Gasteiger partial charge in [-0.05, 0) is 6.92 Å². The Labute approximate surface area is 95.6 Å². The fraction of sp³-hybridized carbons (Fsp3) is 0.0909. The maximum Gasteiger partial charge on any atom is 0.276 e. The van der Waals surface area contributed by atoms with Crippen LogP contribution < -0.4 is 4.74 Å². The fourth-order valence-corrected chi connectivity index (χ4v) is 1.32. The molecular formula is C11H8FNO4. The molecule has 6 heteroatoms. The molecule has 0 fully saturated rings. The van der Waals surface area contributed by atoms with Crippen LogP contribution in [0.5, 0.6) is 11.5 Å². The van der Waals surface area contributed by atoms with Crippen LogP contribution in [0.25, 0.3) is 0 Å². The van der Waals surface area contributed by atoms with Crippen molar-refractivity contribution in [1.29, 1.82) is 0 Å². The van der Waals surface area contributed by atoms with Gasteiger partial charge in [0.05, 0.1) is 23.3 Å². The first-order valence-electron chi connectivity index (χ1n) is 4.73. The smallest absolute Gasteiger partial charge is 0.276 e. The first-order chi connectivity index (χ1) is 8.06. The quantitative estimate of drug-likeness (QED) is 0.605. The Morgan fingerprint density at radius 3 is 2.76 bits per heavy atom. The number of hydrogen-bond donors (Lipinski definition) is 0. The Bertz CT molecular complexity index is 564. The van der Waals surface area contributed by atoms with Gasteiger partial charge in [0.25, 0.3) is 5.69 Å². The molecule has 0 saturated heterocycles. The standard InChI is InChI=1S/C11H8FNO4/c1-7-11(2-3-16-7)17-10-5-8(12)4-9(6-10)13(14)15/h2-6H,1H3. The second-order valence-electron chi connectivity index (χ2n) is 3.35. The SMILES string of the molecule is Cc1occc1Oc1cc(F)cc([N+](=O)[O-])c1. The van der Waals surface area contributed by atoms with Gasteiger partial charge in [-0.15, -0.1) is 0 Å². The molecule has 0 bridgehead atoms. The molecule has 0 aliphatic carbocycles. The zero-order chi connectivity index (χ0) is 12.4. The summed E-state index contributed by atoms with van der Waals surface area (Å²) in [5, 5.41) is 10.5. The number of ether oxygens (including phenoxy) is 1.